The minimum absolute atomic E-state index is 0.00139. The summed E-state index contributed by atoms with van der Waals surface area (Å²) in [6.45, 7) is 3.60. The topological polar surface area (TPSA) is 66.9 Å². The Morgan fingerprint density at radius 2 is 1.95 bits per heavy atom. The fourth-order valence-corrected chi connectivity index (χ4v) is 2.84. The average Bonchev–Trinajstić information content (AvgIpc) is 2.39. The molecule has 1 fully saturated rings. The van der Waals surface area contributed by atoms with Crippen LogP contribution in [0.4, 0.5) is 0 Å². The van der Waals surface area contributed by atoms with Crippen LogP contribution in [0.5, 0.6) is 0 Å². The summed E-state index contributed by atoms with van der Waals surface area (Å²) >= 11 is 0. The molecule has 0 spiro atoms. The second-order valence-electron chi connectivity index (χ2n) is 5.08. The lowest BCUT2D eigenvalue weighted by atomic mass is 10.1. The van der Waals surface area contributed by atoms with E-state index in [9.17, 15) is 9.59 Å². The lowest BCUT2D eigenvalue weighted by Gasteiger charge is -2.24. The third-order valence-corrected chi connectivity index (χ3v) is 3.84. The number of rotatable bonds is 1. The van der Waals surface area contributed by atoms with Crippen molar-refractivity contribution in [2.75, 3.05) is 13.1 Å². The smallest absolute Gasteiger partial charge is 0.317 e. The van der Waals surface area contributed by atoms with Gasteiger partial charge in [-0.2, -0.15) is 0 Å². The number of nitrogens with zero attached hydrogens (tertiary/aromatic N) is 1. The zero-order valence-corrected chi connectivity index (χ0v) is 10.9. The Kier molecular flexibility index (Phi) is 2.98. The SMILES string of the molecule is Cc1cccc2[nH]c(=O)n(C3CCNCC3)c(=O)c12. The molecule has 0 aliphatic carbocycles. The number of aromatic nitrogens is 2. The third kappa shape index (κ3) is 2.00. The number of hydrogen-bond acceptors (Lipinski definition) is 3. The van der Waals surface area contributed by atoms with Crippen molar-refractivity contribution >= 4 is 10.9 Å². The van der Waals surface area contributed by atoms with Gasteiger partial charge in [-0.25, -0.2) is 4.79 Å². The van der Waals surface area contributed by atoms with E-state index in [1.807, 2.05) is 19.1 Å². The molecule has 5 nitrogen and oxygen atoms in total. The predicted molar refractivity (Wildman–Crippen MR) is 74.7 cm³/mol. The molecule has 1 aromatic carbocycles. The van der Waals surface area contributed by atoms with Gasteiger partial charge in [0.25, 0.3) is 5.56 Å². The second-order valence-corrected chi connectivity index (χ2v) is 5.08. The first-order chi connectivity index (χ1) is 9.18. The van der Waals surface area contributed by atoms with Gasteiger partial charge in [-0.05, 0) is 44.5 Å². The lowest BCUT2D eigenvalue weighted by Crippen LogP contribution is -2.42. The predicted octanol–water partition coefficient (Wildman–Crippen LogP) is 0.923. The Morgan fingerprint density at radius 1 is 1.21 bits per heavy atom. The molecule has 1 aliphatic rings. The van der Waals surface area contributed by atoms with Gasteiger partial charge in [0, 0.05) is 6.04 Å². The van der Waals surface area contributed by atoms with Crippen LogP contribution in [0.1, 0.15) is 24.4 Å². The zero-order valence-electron chi connectivity index (χ0n) is 10.9. The minimum Gasteiger partial charge on any atom is -0.317 e. The van der Waals surface area contributed by atoms with Gasteiger partial charge in [-0.1, -0.05) is 12.1 Å². The van der Waals surface area contributed by atoms with Gasteiger partial charge in [0.2, 0.25) is 0 Å². The fourth-order valence-electron chi connectivity index (χ4n) is 2.84. The molecule has 100 valence electrons. The van der Waals surface area contributed by atoms with Crippen molar-refractivity contribution in [3.05, 3.63) is 44.6 Å². The lowest BCUT2D eigenvalue weighted by molar-refractivity contribution is 0.352. The highest BCUT2D eigenvalue weighted by Gasteiger charge is 2.20. The standard InChI is InChI=1S/C14H17N3O2/c1-9-3-2-4-11-12(9)13(18)17(14(19)16-11)10-5-7-15-8-6-10/h2-4,10,15H,5-8H2,1H3,(H,16,19). The number of nitrogens with one attached hydrogen (secondary N) is 2. The number of fused-ring (bicyclic) bond motifs is 1. The van der Waals surface area contributed by atoms with Crippen molar-refractivity contribution in [1.29, 1.82) is 0 Å². The van der Waals surface area contributed by atoms with Gasteiger partial charge in [0.1, 0.15) is 0 Å². The van der Waals surface area contributed by atoms with Crippen molar-refractivity contribution in [1.82, 2.24) is 14.9 Å². The number of piperidine rings is 1. The summed E-state index contributed by atoms with van der Waals surface area (Å²) in [5.41, 5.74) is 1.07. The van der Waals surface area contributed by atoms with E-state index >= 15 is 0 Å². The Balaban J connectivity index is 2.27. The molecule has 1 aliphatic heterocycles. The van der Waals surface area contributed by atoms with E-state index in [2.05, 4.69) is 10.3 Å². The Morgan fingerprint density at radius 3 is 2.68 bits per heavy atom. The maximum atomic E-state index is 12.6. The molecule has 0 atom stereocenters. The monoisotopic (exact) mass is 259 g/mol. The van der Waals surface area contributed by atoms with Gasteiger partial charge >= 0.3 is 5.69 Å². The summed E-state index contributed by atoms with van der Waals surface area (Å²) in [5.74, 6) is 0. The highest BCUT2D eigenvalue weighted by molar-refractivity contribution is 5.80. The van der Waals surface area contributed by atoms with Crippen molar-refractivity contribution in [2.24, 2.45) is 0 Å². The minimum atomic E-state index is -0.296. The molecule has 1 aromatic heterocycles. The van der Waals surface area contributed by atoms with E-state index < -0.39 is 0 Å². The fraction of sp³-hybridized carbons (Fsp3) is 0.429. The Labute approximate surface area is 110 Å². The molecule has 0 unspecified atom stereocenters. The van der Waals surface area contributed by atoms with E-state index in [1.54, 1.807) is 6.07 Å². The average molecular weight is 259 g/mol. The van der Waals surface area contributed by atoms with Gasteiger partial charge in [0.15, 0.2) is 0 Å². The van der Waals surface area contributed by atoms with Crippen LogP contribution in [0.2, 0.25) is 0 Å². The van der Waals surface area contributed by atoms with Crippen molar-refractivity contribution in [2.45, 2.75) is 25.8 Å². The third-order valence-electron chi connectivity index (χ3n) is 3.84. The highest BCUT2D eigenvalue weighted by Crippen LogP contribution is 2.16. The van der Waals surface area contributed by atoms with Crippen LogP contribution in [0.25, 0.3) is 10.9 Å². The molecule has 2 heterocycles. The molecule has 1 saturated heterocycles. The van der Waals surface area contributed by atoms with Crippen LogP contribution in [-0.4, -0.2) is 22.6 Å². The maximum Gasteiger partial charge on any atom is 0.329 e. The van der Waals surface area contributed by atoms with Crippen LogP contribution in [-0.2, 0) is 0 Å². The van der Waals surface area contributed by atoms with Crippen LogP contribution in [0.3, 0.4) is 0 Å². The number of H-pyrrole nitrogens is 1. The summed E-state index contributed by atoms with van der Waals surface area (Å²) in [7, 11) is 0. The first-order valence-corrected chi connectivity index (χ1v) is 6.63. The summed E-state index contributed by atoms with van der Waals surface area (Å²) in [6, 6.07) is 5.52. The number of aryl methyl sites for hydroxylation is 1. The largest absolute Gasteiger partial charge is 0.329 e. The van der Waals surface area contributed by atoms with E-state index in [0.717, 1.165) is 31.5 Å². The van der Waals surface area contributed by atoms with Gasteiger partial charge in [-0.3, -0.25) is 9.36 Å². The molecule has 5 heteroatoms. The molecule has 2 aromatic rings. The molecule has 3 rings (SSSR count). The van der Waals surface area contributed by atoms with Gasteiger partial charge in [-0.15, -0.1) is 0 Å². The first kappa shape index (κ1) is 12.2. The normalized spacial score (nSPS) is 16.9. The number of aromatic amines is 1. The molecule has 0 bridgehead atoms. The van der Waals surface area contributed by atoms with E-state index in [1.165, 1.54) is 4.57 Å². The van der Waals surface area contributed by atoms with Gasteiger partial charge in [0.05, 0.1) is 10.9 Å². The maximum absolute atomic E-state index is 12.6. The molecule has 0 amide bonds. The Bertz CT molecular complexity index is 724. The van der Waals surface area contributed by atoms with E-state index in [-0.39, 0.29) is 17.3 Å². The highest BCUT2D eigenvalue weighted by atomic mass is 16.2. The summed E-state index contributed by atoms with van der Waals surface area (Å²) in [5, 5.41) is 3.87. The quantitative estimate of drug-likeness (QED) is 0.800. The second kappa shape index (κ2) is 4.66. The van der Waals surface area contributed by atoms with Crippen LogP contribution >= 0.6 is 0 Å². The summed E-state index contributed by atoms with van der Waals surface area (Å²) in [6.07, 6.45) is 1.64. The van der Waals surface area contributed by atoms with E-state index in [0.29, 0.717) is 10.9 Å². The molecule has 19 heavy (non-hydrogen) atoms. The number of hydrogen-bond donors (Lipinski definition) is 2. The molecule has 2 N–H and O–H groups in total. The van der Waals surface area contributed by atoms with Crippen LogP contribution in [0, 0.1) is 6.92 Å². The van der Waals surface area contributed by atoms with E-state index in [4.69, 9.17) is 0 Å². The molecule has 0 radical (unpaired) electrons. The van der Waals surface area contributed by atoms with Crippen molar-refractivity contribution in [3.63, 3.8) is 0 Å². The molecule has 0 saturated carbocycles. The zero-order chi connectivity index (χ0) is 13.4. The number of benzene rings is 1. The molecular formula is C14H17N3O2. The Hall–Kier alpha value is -1.88. The van der Waals surface area contributed by atoms with Crippen LogP contribution in [0.15, 0.2) is 27.8 Å². The van der Waals surface area contributed by atoms with Gasteiger partial charge < -0.3 is 10.3 Å². The van der Waals surface area contributed by atoms with Crippen molar-refractivity contribution < 1.29 is 0 Å². The molecular weight excluding hydrogens is 242 g/mol. The summed E-state index contributed by atoms with van der Waals surface area (Å²) in [4.78, 5) is 27.6. The van der Waals surface area contributed by atoms with Crippen molar-refractivity contribution in [3.8, 4) is 0 Å². The summed E-state index contributed by atoms with van der Waals surface area (Å²) < 4.78 is 1.40. The van der Waals surface area contributed by atoms with Crippen LogP contribution < -0.4 is 16.6 Å². The first-order valence-electron chi connectivity index (χ1n) is 6.63.